The van der Waals surface area contributed by atoms with E-state index < -0.39 is 0 Å². The second kappa shape index (κ2) is 6.66. The molecular weight excluding hydrogens is 202 g/mol. The molecule has 0 aliphatic rings. The molecule has 1 N–H and O–H groups in total. The van der Waals surface area contributed by atoms with Gasteiger partial charge in [-0.05, 0) is 33.3 Å². The van der Waals surface area contributed by atoms with Gasteiger partial charge >= 0.3 is 0 Å². The monoisotopic (exact) mass is 225 g/mol. The molecule has 0 radical (unpaired) electrons. The number of rotatable bonds is 7. The highest BCUT2D eigenvalue weighted by atomic mass is 16.5. The van der Waals surface area contributed by atoms with Gasteiger partial charge in [-0.2, -0.15) is 5.10 Å². The van der Waals surface area contributed by atoms with Gasteiger partial charge in [-0.15, -0.1) is 0 Å². The molecule has 1 aromatic heterocycles. The summed E-state index contributed by atoms with van der Waals surface area (Å²) in [6.07, 6.45) is 0. The van der Waals surface area contributed by atoms with Gasteiger partial charge in [0, 0.05) is 25.4 Å². The first kappa shape index (κ1) is 13.2. The molecule has 1 heterocycles. The Hall–Kier alpha value is -0.870. The second-order valence-corrected chi connectivity index (χ2v) is 3.97. The van der Waals surface area contributed by atoms with Crippen molar-refractivity contribution in [3.8, 4) is 0 Å². The summed E-state index contributed by atoms with van der Waals surface area (Å²) in [4.78, 5) is 0. The zero-order valence-corrected chi connectivity index (χ0v) is 10.8. The summed E-state index contributed by atoms with van der Waals surface area (Å²) >= 11 is 0. The predicted octanol–water partition coefficient (Wildman–Crippen LogP) is 1.43. The molecule has 0 saturated carbocycles. The summed E-state index contributed by atoms with van der Waals surface area (Å²) in [5.74, 6) is 0. The number of hydrogen-bond donors (Lipinski definition) is 1. The van der Waals surface area contributed by atoms with Crippen LogP contribution in [0.5, 0.6) is 0 Å². The van der Waals surface area contributed by atoms with Crippen molar-refractivity contribution in [3.05, 3.63) is 17.0 Å². The number of aryl methyl sites for hydroxylation is 1. The maximum Gasteiger partial charge on any atom is 0.0625 e. The molecule has 1 aromatic rings. The molecule has 0 aliphatic carbocycles. The highest BCUT2D eigenvalue weighted by Crippen LogP contribution is 2.09. The van der Waals surface area contributed by atoms with Crippen molar-refractivity contribution in [3.63, 3.8) is 0 Å². The van der Waals surface area contributed by atoms with Gasteiger partial charge in [0.2, 0.25) is 0 Å². The first-order chi connectivity index (χ1) is 7.66. The fraction of sp³-hybridized carbons (Fsp3) is 0.750. The number of ether oxygens (including phenoxy) is 1. The zero-order chi connectivity index (χ0) is 12.0. The summed E-state index contributed by atoms with van der Waals surface area (Å²) in [7, 11) is 0. The first-order valence-electron chi connectivity index (χ1n) is 5.96. The third-order valence-corrected chi connectivity index (χ3v) is 2.87. The summed E-state index contributed by atoms with van der Waals surface area (Å²) < 4.78 is 7.32. The summed E-state index contributed by atoms with van der Waals surface area (Å²) in [5, 5.41) is 7.83. The highest BCUT2D eigenvalue weighted by Gasteiger charge is 2.05. The van der Waals surface area contributed by atoms with Crippen LogP contribution in [0.25, 0.3) is 0 Å². The second-order valence-electron chi connectivity index (χ2n) is 3.97. The average Bonchev–Trinajstić information content (AvgIpc) is 2.51. The quantitative estimate of drug-likeness (QED) is 0.714. The molecule has 0 spiro atoms. The maximum absolute atomic E-state index is 5.25. The Kier molecular flexibility index (Phi) is 5.49. The van der Waals surface area contributed by atoms with Crippen LogP contribution in [0.4, 0.5) is 0 Å². The molecule has 0 fully saturated rings. The lowest BCUT2D eigenvalue weighted by atomic mass is 10.2. The van der Waals surface area contributed by atoms with Gasteiger partial charge in [0.1, 0.15) is 0 Å². The SMILES string of the molecule is CCOCCNCCn1nc(C)c(C)c1C. The van der Waals surface area contributed by atoms with E-state index in [0.717, 1.165) is 38.5 Å². The van der Waals surface area contributed by atoms with Gasteiger partial charge in [-0.1, -0.05) is 0 Å². The Balaban J connectivity index is 2.24. The molecule has 0 aromatic carbocycles. The van der Waals surface area contributed by atoms with E-state index in [1.54, 1.807) is 0 Å². The zero-order valence-electron chi connectivity index (χ0n) is 10.8. The molecular formula is C12H23N3O. The van der Waals surface area contributed by atoms with Crippen molar-refractivity contribution in [1.29, 1.82) is 0 Å². The largest absolute Gasteiger partial charge is 0.380 e. The van der Waals surface area contributed by atoms with Gasteiger partial charge in [-0.25, -0.2) is 0 Å². The van der Waals surface area contributed by atoms with E-state index in [0.29, 0.717) is 0 Å². The molecule has 4 nitrogen and oxygen atoms in total. The van der Waals surface area contributed by atoms with Crippen molar-refractivity contribution >= 4 is 0 Å². The molecule has 0 amide bonds. The van der Waals surface area contributed by atoms with Crippen LogP contribution in [0.2, 0.25) is 0 Å². The van der Waals surface area contributed by atoms with E-state index in [-0.39, 0.29) is 0 Å². The Bertz CT molecular complexity index is 320. The van der Waals surface area contributed by atoms with E-state index in [9.17, 15) is 0 Å². The molecule has 1 rings (SSSR count). The minimum absolute atomic E-state index is 0.784. The van der Waals surface area contributed by atoms with E-state index in [4.69, 9.17) is 4.74 Å². The third kappa shape index (κ3) is 3.61. The van der Waals surface area contributed by atoms with Crippen molar-refractivity contribution < 1.29 is 4.74 Å². The molecule has 0 saturated heterocycles. The Morgan fingerprint density at radius 3 is 2.56 bits per heavy atom. The predicted molar refractivity (Wildman–Crippen MR) is 65.8 cm³/mol. The van der Waals surface area contributed by atoms with Crippen LogP contribution in [-0.2, 0) is 11.3 Å². The standard InChI is InChI=1S/C12H23N3O/c1-5-16-9-7-13-6-8-15-12(4)10(2)11(3)14-15/h13H,5-9H2,1-4H3. The fourth-order valence-corrected chi connectivity index (χ4v) is 1.60. The summed E-state index contributed by atoms with van der Waals surface area (Å²) in [6.45, 7) is 12.7. The van der Waals surface area contributed by atoms with Crippen LogP contribution in [0.1, 0.15) is 23.9 Å². The lowest BCUT2D eigenvalue weighted by molar-refractivity contribution is 0.149. The van der Waals surface area contributed by atoms with Crippen LogP contribution >= 0.6 is 0 Å². The van der Waals surface area contributed by atoms with Crippen molar-refractivity contribution in [2.24, 2.45) is 0 Å². The molecule has 0 bridgehead atoms. The van der Waals surface area contributed by atoms with Gasteiger partial charge < -0.3 is 10.1 Å². The maximum atomic E-state index is 5.25. The first-order valence-corrected chi connectivity index (χ1v) is 5.96. The van der Waals surface area contributed by atoms with Crippen molar-refractivity contribution in [2.75, 3.05) is 26.3 Å². The Morgan fingerprint density at radius 2 is 2.00 bits per heavy atom. The van der Waals surface area contributed by atoms with Gasteiger partial charge in [0.05, 0.1) is 18.8 Å². The number of nitrogens with one attached hydrogen (secondary N) is 1. The molecule has 0 unspecified atom stereocenters. The van der Waals surface area contributed by atoms with Crippen molar-refractivity contribution in [2.45, 2.75) is 34.2 Å². The number of nitrogens with zero attached hydrogens (tertiary/aromatic N) is 2. The van der Waals surface area contributed by atoms with Crippen LogP contribution < -0.4 is 5.32 Å². The van der Waals surface area contributed by atoms with Crippen LogP contribution in [0, 0.1) is 20.8 Å². The van der Waals surface area contributed by atoms with E-state index in [1.165, 1.54) is 11.3 Å². The molecule has 0 aliphatic heterocycles. The van der Waals surface area contributed by atoms with Crippen LogP contribution in [0.15, 0.2) is 0 Å². The third-order valence-electron chi connectivity index (χ3n) is 2.87. The average molecular weight is 225 g/mol. The lowest BCUT2D eigenvalue weighted by Crippen LogP contribution is -2.24. The summed E-state index contributed by atoms with van der Waals surface area (Å²) in [6, 6.07) is 0. The minimum atomic E-state index is 0.784. The smallest absolute Gasteiger partial charge is 0.0625 e. The molecule has 0 atom stereocenters. The lowest BCUT2D eigenvalue weighted by Gasteiger charge is -2.06. The van der Waals surface area contributed by atoms with E-state index >= 15 is 0 Å². The Morgan fingerprint density at radius 1 is 1.25 bits per heavy atom. The van der Waals surface area contributed by atoms with Gasteiger partial charge in [-0.3, -0.25) is 4.68 Å². The number of aromatic nitrogens is 2. The fourth-order valence-electron chi connectivity index (χ4n) is 1.60. The van der Waals surface area contributed by atoms with E-state index in [1.807, 2.05) is 6.92 Å². The van der Waals surface area contributed by atoms with Crippen LogP contribution in [0.3, 0.4) is 0 Å². The minimum Gasteiger partial charge on any atom is -0.380 e. The summed E-state index contributed by atoms with van der Waals surface area (Å²) in [5.41, 5.74) is 3.70. The highest BCUT2D eigenvalue weighted by molar-refractivity contribution is 5.21. The molecule has 16 heavy (non-hydrogen) atoms. The Labute approximate surface area is 98.0 Å². The van der Waals surface area contributed by atoms with E-state index in [2.05, 4.69) is 35.9 Å². The normalized spacial score (nSPS) is 11.0. The van der Waals surface area contributed by atoms with Crippen LogP contribution in [-0.4, -0.2) is 36.1 Å². The molecule has 4 heteroatoms. The molecule has 92 valence electrons. The van der Waals surface area contributed by atoms with Gasteiger partial charge in [0.15, 0.2) is 0 Å². The van der Waals surface area contributed by atoms with Gasteiger partial charge in [0.25, 0.3) is 0 Å². The number of hydrogen-bond acceptors (Lipinski definition) is 3. The van der Waals surface area contributed by atoms with Crippen molar-refractivity contribution in [1.82, 2.24) is 15.1 Å². The topological polar surface area (TPSA) is 39.1 Å².